The van der Waals surface area contributed by atoms with Crippen LogP contribution in [0.1, 0.15) is 25.1 Å². The third kappa shape index (κ3) is 1.74. The summed E-state index contributed by atoms with van der Waals surface area (Å²) in [7, 11) is 0. The van der Waals surface area contributed by atoms with Gasteiger partial charge in [0.2, 0.25) is 0 Å². The SMILES string of the molecule is Cc1ccc(-c2ccc3c(c2)N=CC3(C)C)cn1. The number of pyridine rings is 1. The Hall–Kier alpha value is -1.96. The van der Waals surface area contributed by atoms with E-state index in [0.717, 1.165) is 16.9 Å². The number of fused-ring (bicyclic) bond motifs is 1. The molecule has 0 unspecified atom stereocenters. The molecule has 0 radical (unpaired) electrons. The van der Waals surface area contributed by atoms with Gasteiger partial charge in [0.05, 0.1) is 5.69 Å². The van der Waals surface area contributed by atoms with Crippen LogP contribution in [-0.4, -0.2) is 11.2 Å². The fourth-order valence-corrected chi connectivity index (χ4v) is 2.30. The molecular formula is C16H16N2. The lowest BCUT2D eigenvalue weighted by molar-refractivity contribution is 0.753. The van der Waals surface area contributed by atoms with Crippen molar-refractivity contribution in [1.82, 2.24) is 4.98 Å². The van der Waals surface area contributed by atoms with Gasteiger partial charge in [0.25, 0.3) is 0 Å². The van der Waals surface area contributed by atoms with E-state index in [4.69, 9.17) is 0 Å². The average Bonchev–Trinajstić information content (AvgIpc) is 2.66. The molecule has 18 heavy (non-hydrogen) atoms. The highest BCUT2D eigenvalue weighted by molar-refractivity contribution is 5.86. The molecule has 0 N–H and O–H groups in total. The monoisotopic (exact) mass is 236 g/mol. The van der Waals surface area contributed by atoms with Crippen molar-refractivity contribution in [2.75, 3.05) is 0 Å². The van der Waals surface area contributed by atoms with Crippen molar-refractivity contribution in [2.45, 2.75) is 26.2 Å². The molecule has 2 aromatic rings. The fourth-order valence-electron chi connectivity index (χ4n) is 2.30. The molecule has 2 heterocycles. The van der Waals surface area contributed by atoms with Crippen LogP contribution >= 0.6 is 0 Å². The number of aliphatic imine (C=N–C) groups is 1. The Labute approximate surface area is 107 Å². The lowest BCUT2D eigenvalue weighted by atomic mass is 9.86. The Kier molecular flexibility index (Phi) is 2.34. The van der Waals surface area contributed by atoms with Gasteiger partial charge in [0.1, 0.15) is 0 Å². The number of aryl methyl sites for hydroxylation is 1. The summed E-state index contributed by atoms with van der Waals surface area (Å²) in [6, 6.07) is 10.6. The maximum Gasteiger partial charge on any atom is 0.0673 e. The first-order chi connectivity index (χ1) is 8.56. The Balaban J connectivity index is 2.07. The fraction of sp³-hybridized carbons (Fsp3) is 0.250. The molecule has 0 saturated heterocycles. The van der Waals surface area contributed by atoms with Crippen molar-refractivity contribution in [3.8, 4) is 11.1 Å². The van der Waals surface area contributed by atoms with E-state index in [9.17, 15) is 0 Å². The highest BCUT2D eigenvalue weighted by Crippen LogP contribution is 2.38. The highest BCUT2D eigenvalue weighted by Gasteiger charge is 2.26. The molecule has 1 aromatic heterocycles. The Morgan fingerprint density at radius 1 is 1.00 bits per heavy atom. The first kappa shape index (κ1) is 11.1. The molecule has 1 aliphatic rings. The van der Waals surface area contributed by atoms with Crippen molar-refractivity contribution in [1.29, 1.82) is 0 Å². The standard InChI is InChI=1S/C16H16N2/c1-11-4-5-13(9-17-11)12-6-7-14-15(8-12)18-10-16(14,2)3/h4-10H,1-3H3. The van der Waals surface area contributed by atoms with E-state index >= 15 is 0 Å². The second kappa shape index (κ2) is 3.77. The molecular weight excluding hydrogens is 220 g/mol. The van der Waals surface area contributed by atoms with Crippen LogP contribution in [0.5, 0.6) is 0 Å². The van der Waals surface area contributed by atoms with Crippen molar-refractivity contribution in [2.24, 2.45) is 4.99 Å². The van der Waals surface area contributed by atoms with E-state index in [1.165, 1.54) is 11.1 Å². The van der Waals surface area contributed by atoms with Gasteiger partial charge in [0, 0.05) is 29.1 Å². The summed E-state index contributed by atoms with van der Waals surface area (Å²) in [5.41, 5.74) is 5.79. The lowest BCUT2D eigenvalue weighted by Crippen LogP contribution is -2.14. The molecule has 0 bridgehead atoms. The molecule has 0 aliphatic carbocycles. The van der Waals surface area contributed by atoms with Gasteiger partial charge in [0.15, 0.2) is 0 Å². The largest absolute Gasteiger partial charge is 0.261 e. The van der Waals surface area contributed by atoms with E-state index < -0.39 is 0 Å². The zero-order valence-electron chi connectivity index (χ0n) is 10.9. The van der Waals surface area contributed by atoms with E-state index in [1.807, 2.05) is 25.4 Å². The normalized spacial score (nSPS) is 15.7. The average molecular weight is 236 g/mol. The summed E-state index contributed by atoms with van der Waals surface area (Å²) in [4.78, 5) is 8.85. The van der Waals surface area contributed by atoms with Crippen molar-refractivity contribution >= 4 is 11.9 Å². The van der Waals surface area contributed by atoms with Gasteiger partial charge in [-0.05, 0) is 30.2 Å². The summed E-state index contributed by atoms with van der Waals surface area (Å²) in [6.45, 7) is 6.38. The number of benzene rings is 1. The number of nitrogens with zero attached hydrogens (tertiary/aromatic N) is 2. The second-order valence-electron chi connectivity index (χ2n) is 5.40. The van der Waals surface area contributed by atoms with E-state index in [1.54, 1.807) is 0 Å². The second-order valence-corrected chi connectivity index (χ2v) is 5.40. The van der Waals surface area contributed by atoms with Gasteiger partial charge in [-0.25, -0.2) is 0 Å². The van der Waals surface area contributed by atoms with Crippen molar-refractivity contribution in [3.63, 3.8) is 0 Å². The van der Waals surface area contributed by atoms with E-state index in [2.05, 4.69) is 48.1 Å². The quantitative estimate of drug-likeness (QED) is 0.733. The summed E-state index contributed by atoms with van der Waals surface area (Å²) >= 11 is 0. The molecule has 0 fully saturated rings. The molecule has 0 spiro atoms. The summed E-state index contributed by atoms with van der Waals surface area (Å²) in [5.74, 6) is 0. The topological polar surface area (TPSA) is 25.2 Å². The van der Waals surface area contributed by atoms with Gasteiger partial charge in [-0.15, -0.1) is 0 Å². The van der Waals surface area contributed by atoms with E-state index in [0.29, 0.717) is 0 Å². The van der Waals surface area contributed by atoms with Crippen LogP contribution in [0.25, 0.3) is 11.1 Å². The Morgan fingerprint density at radius 2 is 1.78 bits per heavy atom. The predicted octanol–water partition coefficient (Wildman–Crippen LogP) is 4.05. The molecule has 1 aliphatic heterocycles. The maximum absolute atomic E-state index is 4.51. The van der Waals surface area contributed by atoms with Crippen molar-refractivity contribution < 1.29 is 0 Å². The van der Waals surface area contributed by atoms with Gasteiger partial charge in [-0.2, -0.15) is 0 Å². The number of hydrogen-bond donors (Lipinski definition) is 0. The molecule has 0 saturated carbocycles. The first-order valence-electron chi connectivity index (χ1n) is 6.19. The van der Waals surface area contributed by atoms with Gasteiger partial charge < -0.3 is 0 Å². The van der Waals surface area contributed by atoms with Crippen molar-refractivity contribution in [3.05, 3.63) is 47.8 Å². The molecule has 3 rings (SSSR count). The minimum absolute atomic E-state index is 0.0549. The summed E-state index contributed by atoms with van der Waals surface area (Å²) in [5, 5.41) is 0. The third-order valence-corrected chi connectivity index (χ3v) is 3.46. The van der Waals surface area contributed by atoms with Crippen LogP contribution < -0.4 is 0 Å². The van der Waals surface area contributed by atoms with Gasteiger partial charge >= 0.3 is 0 Å². The minimum atomic E-state index is 0.0549. The predicted molar refractivity (Wildman–Crippen MR) is 75.6 cm³/mol. The number of hydrogen-bond acceptors (Lipinski definition) is 2. The number of aromatic nitrogens is 1. The maximum atomic E-state index is 4.51. The minimum Gasteiger partial charge on any atom is -0.261 e. The zero-order chi connectivity index (χ0) is 12.8. The smallest absolute Gasteiger partial charge is 0.0673 e. The molecule has 0 amide bonds. The molecule has 90 valence electrons. The van der Waals surface area contributed by atoms with Crippen LogP contribution in [0.4, 0.5) is 5.69 Å². The van der Waals surface area contributed by atoms with Gasteiger partial charge in [-0.3, -0.25) is 9.98 Å². The Bertz CT molecular complexity index is 622. The Morgan fingerprint density at radius 3 is 2.50 bits per heavy atom. The summed E-state index contributed by atoms with van der Waals surface area (Å²) < 4.78 is 0. The van der Waals surface area contributed by atoms with E-state index in [-0.39, 0.29) is 5.41 Å². The highest BCUT2D eigenvalue weighted by atomic mass is 14.8. The third-order valence-electron chi connectivity index (χ3n) is 3.46. The molecule has 1 aromatic carbocycles. The van der Waals surface area contributed by atoms with Gasteiger partial charge in [-0.1, -0.05) is 32.0 Å². The molecule has 2 heteroatoms. The number of rotatable bonds is 1. The van der Waals surface area contributed by atoms with Crippen LogP contribution in [0, 0.1) is 6.92 Å². The summed E-state index contributed by atoms with van der Waals surface area (Å²) in [6.07, 6.45) is 3.94. The van der Waals surface area contributed by atoms with Crippen LogP contribution in [0.15, 0.2) is 41.5 Å². The van der Waals surface area contributed by atoms with Crippen LogP contribution in [0.2, 0.25) is 0 Å². The first-order valence-corrected chi connectivity index (χ1v) is 6.19. The molecule has 2 nitrogen and oxygen atoms in total. The van der Waals surface area contributed by atoms with Crippen LogP contribution in [-0.2, 0) is 5.41 Å². The van der Waals surface area contributed by atoms with Crippen LogP contribution in [0.3, 0.4) is 0 Å². The zero-order valence-corrected chi connectivity index (χ0v) is 10.9. The lowest BCUT2D eigenvalue weighted by Gasteiger charge is -2.15. The molecule has 0 atom stereocenters.